The van der Waals surface area contributed by atoms with Crippen molar-refractivity contribution in [3.05, 3.63) is 24.3 Å². The van der Waals surface area contributed by atoms with E-state index in [-0.39, 0.29) is 24.3 Å². The van der Waals surface area contributed by atoms with Gasteiger partial charge in [0.15, 0.2) is 0 Å². The second-order valence-corrected chi connectivity index (χ2v) is 8.50. The van der Waals surface area contributed by atoms with Gasteiger partial charge in [-0.05, 0) is 70.7 Å². The molecule has 1 aliphatic rings. The van der Waals surface area contributed by atoms with Crippen LogP contribution in [0, 0.1) is 17.2 Å². The Kier molecular flexibility index (Phi) is 8.52. The maximum Gasteiger partial charge on any atom is 0.410 e. The van der Waals surface area contributed by atoms with Gasteiger partial charge in [-0.2, -0.15) is 5.26 Å². The molecule has 0 aromatic heterocycles. The summed E-state index contributed by atoms with van der Waals surface area (Å²) in [5.74, 6) is 0.969. The zero-order valence-corrected chi connectivity index (χ0v) is 18.5. The van der Waals surface area contributed by atoms with Gasteiger partial charge in [-0.25, -0.2) is 4.79 Å². The van der Waals surface area contributed by atoms with Gasteiger partial charge in [0.2, 0.25) is 5.91 Å². The normalized spacial score (nSPS) is 14.7. The molecule has 1 aromatic rings. The third kappa shape index (κ3) is 7.25. The number of benzene rings is 1. The van der Waals surface area contributed by atoms with Crippen molar-refractivity contribution in [3.63, 3.8) is 0 Å². The van der Waals surface area contributed by atoms with Crippen LogP contribution in [0.5, 0.6) is 5.75 Å². The SMILES string of the molecule is CCOc1ccc(N(CCC#N)C(=O)CC2CCN(C(=O)OC(C)(C)C)CC2)cc1. The molecule has 0 unspecified atom stereocenters. The van der Waals surface area contributed by atoms with Crippen LogP contribution in [0.2, 0.25) is 0 Å². The van der Waals surface area contributed by atoms with Gasteiger partial charge in [-0.3, -0.25) is 4.79 Å². The fourth-order valence-corrected chi connectivity index (χ4v) is 3.45. The fraction of sp³-hybridized carbons (Fsp3) is 0.609. The van der Waals surface area contributed by atoms with E-state index in [9.17, 15) is 9.59 Å². The van der Waals surface area contributed by atoms with E-state index in [2.05, 4.69) is 6.07 Å². The number of carbonyl (C=O) groups excluding carboxylic acids is 2. The minimum atomic E-state index is -0.511. The van der Waals surface area contributed by atoms with Crippen molar-refractivity contribution in [1.29, 1.82) is 5.26 Å². The number of likely N-dealkylation sites (tertiary alicyclic amines) is 1. The van der Waals surface area contributed by atoms with Crippen LogP contribution in [0.15, 0.2) is 24.3 Å². The van der Waals surface area contributed by atoms with Crippen LogP contribution in [0.4, 0.5) is 10.5 Å². The first-order valence-corrected chi connectivity index (χ1v) is 10.6. The minimum absolute atomic E-state index is 0.00475. The summed E-state index contributed by atoms with van der Waals surface area (Å²) >= 11 is 0. The molecule has 7 nitrogen and oxygen atoms in total. The topological polar surface area (TPSA) is 82.9 Å². The number of rotatable bonds is 7. The molecule has 0 saturated carbocycles. The fourth-order valence-electron chi connectivity index (χ4n) is 3.45. The molecule has 30 heavy (non-hydrogen) atoms. The van der Waals surface area contributed by atoms with E-state index in [0.29, 0.717) is 32.7 Å². The van der Waals surface area contributed by atoms with Crippen molar-refractivity contribution >= 4 is 17.7 Å². The lowest BCUT2D eigenvalue weighted by Crippen LogP contribution is -2.42. The third-order valence-corrected chi connectivity index (χ3v) is 4.94. The van der Waals surface area contributed by atoms with Gasteiger partial charge in [-0.1, -0.05) is 0 Å². The lowest BCUT2D eigenvalue weighted by atomic mass is 9.93. The predicted octanol–water partition coefficient (Wildman–Crippen LogP) is 4.37. The summed E-state index contributed by atoms with van der Waals surface area (Å²) in [6.07, 6.45) is 1.91. The maximum absolute atomic E-state index is 13.0. The molecule has 0 aliphatic carbocycles. The first kappa shape index (κ1) is 23.5. The molecule has 0 radical (unpaired) electrons. The van der Waals surface area contributed by atoms with Gasteiger partial charge in [0.25, 0.3) is 0 Å². The Hall–Kier alpha value is -2.75. The molecule has 164 valence electrons. The highest BCUT2D eigenvalue weighted by atomic mass is 16.6. The molecule has 1 heterocycles. The highest BCUT2D eigenvalue weighted by Crippen LogP contribution is 2.26. The van der Waals surface area contributed by atoms with E-state index in [1.165, 1.54) is 0 Å². The summed E-state index contributed by atoms with van der Waals surface area (Å²) in [6.45, 7) is 9.61. The Labute approximate surface area is 179 Å². The number of amides is 2. The smallest absolute Gasteiger partial charge is 0.410 e. The quantitative estimate of drug-likeness (QED) is 0.660. The number of ether oxygens (including phenoxy) is 2. The van der Waals surface area contributed by atoms with Gasteiger partial charge in [-0.15, -0.1) is 0 Å². The summed E-state index contributed by atoms with van der Waals surface area (Å²) in [5, 5.41) is 8.98. The van der Waals surface area contributed by atoms with Crippen molar-refractivity contribution in [1.82, 2.24) is 4.90 Å². The molecule has 0 N–H and O–H groups in total. The molecule has 1 aliphatic heterocycles. The molecule has 0 bridgehead atoms. The van der Waals surface area contributed by atoms with Crippen molar-refractivity contribution in [3.8, 4) is 11.8 Å². The predicted molar refractivity (Wildman–Crippen MR) is 115 cm³/mol. The first-order valence-electron chi connectivity index (χ1n) is 10.6. The maximum atomic E-state index is 13.0. The van der Waals surface area contributed by atoms with Crippen molar-refractivity contribution in [2.75, 3.05) is 31.1 Å². The number of piperidine rings is 1. The number of carbonyl (C=O) groups is 2. The largest absolute Gasteiger partial charge is 0.494 e. The molecule has 1 fully saturated rings. The van der Waals surface area contributed by atoms with Crippen LogP contribution in [0.25, 0.3) is 0 Å². The van der Waals surface area contributed by atoms with Crippen molar-refractivity contribution in [2.24, 2.45) is 5.92 Å². The molecule has 2 amide bonds. The molecule has 1 saturated heterocycles. The average molecular weight is 416 g/mol. The van der Waals surface area contributed by atoms with Gasteiger partial charge >= 0.3 is 6.09 Å². The highest BCUT2D eigenvalue weighted by Gasteiger charge is 2.29. The average Bonchev–Trinajstić information content (AvgIpc) is 2.69. The second kappa shape index (κ2) is 10.9. The van der Waals surface area contributed by atoms with Crippen LogP contribution >= 0.6 is 0 Å². The van der Waals surface area contributed by atoms with E-state index >= 15 is 0 Å². The van der Waals surface area contributed by atoms with Crippen LogP contribution < -0.4 is 9.64 Å². The minimum Gasteiger partial charge on any atom is -0.494 e. The van der Waals surface area contributed by atoms with Crippen LogP contribution in [-0.4, -0.2) is 48.7 Å². The Bertz CT molecular complexity index is 741. The van der Waals surface area contributed by atoms with Crippen LogP contribution in [-0.2, 0) is 9.53 Å². The van der Waals surface area contributed by atoms with E-state index in [4.69, 9.17) is 14.7 Å². The summed E-state index contributed by atoms with van der Waals surface area (Å²) < 4.78 is 10.9. The van der Waals surface area contributed by atoms with Crippen LogP contribution in [0.3, 0.4) is 0 Å². The molecule has 2 rings (SSSR count). The third-order valence-electron chi connectivity index (χ3n) is 4.94. The molecule has 1 aromatic carbocycles. The molecule has 0 atom stereocenters. The zero-order valence-electron chi connectivity index (χ0n) is 18.5. The number of hydrogen-bond acceptors (Lipinski definition) is 5. The highest BCUT2D eigenvalue weighted by molar-refractivity contribution is 5.93. The summed E-state index contributed by atoms with van der Waals surface area (Å²) in [6, 6.07) is 9.50. The standard InChI is InChI=1S/C23H33N3O4/c1-5-29-20-9-7-19(8-10-20)26(14-6-13-24)21(27)17-18-11-15-25(16-12-18)22(28)30-23(2,3)4/h7-10,18H,5-6,11-12,14-17H2,1-4H3. The summed E-state index contributed by atoms with van der Waals surface area (Å²) in [4.78, 5) is 28.6. The Morgan fingerprint density at radius 2 is 1.83 bits per heavy atom. The van der Waals surface area contributed by atoms with Gasteiger partial charge in [0.1, 0.15) is 11.4 Å². The zero-order chi connectivity index (χ0) is 22.1. The van der Waals surface area contributed by atoms with Gasteiger partial charge < -0.3 is 19.3 Å². The lowest BCUT2D eigenvalue weighted by molar-refractivity contribution is -0.119. The summed E-state index contributed by atoms with van der Waals surface area (Å²) in [5.41, 5.74) is 0.257. The number of nitriles is 1. The molecular formula is C23H33N3O4. The summed E-state index contributed by atoms with van der Waals surface area (Å²) in [7, 11) is 0. The second-order valence-electron chi connectivity index (χ2n) is 8.50. The Balaban J connectivity index is 1.94. The van der Waals surface area contributed by atoms with Crippen molar-refractivity contribution < 1.29 is 19.1 Å². The van der Waals surface area contributed by atoms with E-state index < -0.39 is 5.60 Å². The Morgan fingerprint density at radius 3 is 2.37 bits per heavy atom. The first-order chi connectivity index (χ1) is 14.2. The monoisotopic (exact) mass is 415 g/mol. The lowest BCUT2D eigenvalue weighted by Gasteiger charge is -2.34. The molecule has 0 spiro atoms. The van der Waals surface area contributed by atoms with Crippen LogP contribution in [0.1, 0.15) is 53.4 Å². The van der Waals surface area contributed by atoms with E-state index in [0.717, 1.165) is 24.3 Å². The number of nitrogens with zero attached hydrogens (tertiary/aromatic N) is 3. The Morgan fingerprint density at radius 1 is 1.20 bits per heavy atom. The molecular weight excluding hydrogens is 382 g/mol. The van der Waals surface area contributed by atoms with E-state index in [1.807, 2.05) is 52.0 Å². The molecule has 7 heteroatoms. The number of hydrogen-bond donors (Lipinski definition) is 0. The van der Waals surface area contributed by atoms with Crippen molar-refractivity contribution in [2.45, 2.75) is 59.0 Å². The van der Waals surface area contributed by atoms with Gasteiger partial charge in [0, 0.05) is 31.7 Å². The van der Waals surface area contributed by atoms with Gasteiger partial charge in [0.05, 0.1) is 19.1 Å². The number of anilines is 1. The van der Waals surface area contributed by atoms with E-state index in [1.54, 1.807) is 9.80 Å².